The predicted octanol–water partition coefficient (Wildman–Crippen LogP) is 4.80. The van der Waals surface area contributed by atoms with E-state index in [0.717, 1.165) is 30.6 Å². The maximum Gasteiger partial charge on any atom is 0.129 e. The highest BCUT2D eigenvalue weighted by Crippen LogP contribution is 2.33. The third kappa shape index (κ3) is 8.22. The van der Waals surface area contributed by atoms with E-state index in [1.807, 2.05) is 0 Å². The van der Waals surface area contributed by atoms with Gasteiger partial charge in [0, 0.05) is 12.2 Å². The molecule has 1 aliphatic rings. The summed E-state index contributed by atoms with van der Waals surface area (Å²) in [6, 6.07) is 8.56. The highest BCUT2D eigenvalue weighted by molar-refractivity contribution is 6.83. The van der Waals surface area contributed by atoms with Crippen LogP contribution in [0, 0.1) is 23.3 Å². The van der Waals surface area contributed by atoms with Crippen LogP contribution in [0.5, 0.6) is 0 Å². The first-order valence-electron chi connectivity index (χ1n) is 9.66. The van der Waals surface area contributed by atoms with E-state index in [1.54, 1.807) is 0 Å². The van der Waals surface area contributed by atoms with Crippen molar-refractivity contribution in [3.63, 3.8) is 0 Å². The first-order chi connectivity index (χ1) is 11.8. The van der Waals surface area contributed by atoms with Crippen LogP contribution in [0.3, 0.4) is 0 Å². The summed E-state index contributed by atoms with van der Waals surface area (Å²) in [7, 11) is 3.03. The van der Waals surface area contributed by atoms with Gasteiger partial charge in [0.1, 0.15) is 8.07 Å². The van der Waals surface area contributed by atoms with Crippen molar-refractivity contribution in [1.82, 2.24) is 4.90 Å². The zero-order chi connectivity index (χ0) is 18.3. The van der Waals surface area contributed by atoms with Crippen molar-refractivity contribution in [3.8, 4) is 11.5 Å². The second-order valence-electron chi connectivity index (χ2n) is 8.85. The molecule has 3 heteroatoms. The van der Waals surface area contributed by atoms with E-state index in [0.29, 0.717) is 0 Å². The molecule has 1 saturated carbocycles. The van der Waals surface area contributed by atoms with E-state index in [4.69, 9.17) is 4.74 Å². The maximum atomic E-state index is 5.99. The minimum Gasteiger partial charge on any atom is -0.376 e. The van der Waals surface area contributed by atoms with Crippen LogP contribution in [0.2, 0.25) is 19.6 Å². The van der Waals surface area contributed by atoms with E-state index in [2.05, 4.69) is 74.4 Å². The fraction of sp³-hybridized carbons (Fsp3) is 0.636. The molecular formula is C22H35NOSi. The zero-order valence-electron chi connectivity index (χ0n) is 16.8. The molecule has 2 unspecified atom stereocenters. The molecule has 2 rings (SSSR count). The van der Waals surface area contributed by atoms with Gasteiger partial charge in [0.05, 0.1) is 6.61 Å². The Labute approximate surface area is 156 Å². The van der Waals surface area contributed by atoms with Crippen LogP contribution in [-0.2, 0) is 11.3 Å². The van der Waals surface area contributed by atoms with Gasteiger partial charge in [0.15, 0.2) is 0 Å². The minimum absolute atomic E-state index is 0.723. The van der Waals surface area contributed by atoms with Crippen molar-refractivity contribution in [2.45, 2.75) is 51.9 Å². The van der Waals surface area contributed by atoms with E-state index < -0.39 is 8.07 Å². The Kier molecular flexibility index (Phi) is 7.74. The average Bonchev–Trinajstić information content (AvgIpc) is 2.99. The lowest BCUT2D eigenvalue weighted by Crippen LogP contribution is -2.16. The van der Waals surface area contributed by atoms with Crippen LogP contribution in [0.15, 0.2) is 24.3 Å². The van der Waals surface area contributed by atoms with Crippen LogP contribution in [0.25, 0.3) is 0 Å². The number of hydrogen-bond acceptors (Lipinski definition) is 2. The largest absolute Gasteiger partial charge is 0.376 e. The summed E-state index contributed by atoms with van der Waals surface area (Å²) < 4.78 is 5.99. The Morgan fingerprint density at radius 3 is 2.40 bits per heavy atom. The van der Waals surface area contributed by atoms with Crippen molar-refractivity contribution in [2.75, 3.05) is 27.2 Å². The lowest BCUT2D eigenvalue weighted by Gasteiger charge is -2.15. The van der Waals surface area contributed by atoms with Gasteiger partial charge < -0.3 is 9.64 Å². The second-order valence-corrected chi connectivity index (χ2v) is 13.6. The van der Waals surface area contributed by atoms with Gasteiger partial charge in [-0.15, -0.1) is 5.54 Å². The predicted molar refractivity (Wildman–Crippen MR) is 110 cm³/mol. The molecular weight excluding hydrogens is 322 g/mol. The SMILES string of the molecule is CN(C)CCC1CCC(COCc2ccc(C#C[Si](C)(C)C)cc2)C1. The van der Waals surface area contributed by atoms with E-state index >= 15 is 0 Å². The molecule has 0 heterocycles. The van der Waals surface area contributed by atoms with Crippen LogP contribution < -0.4 is 0 Å². The zero-order valence-corrected chi connectivity index (χ0v) is 17.8. The summed E-state index contributed by atoms with van der Waals surface area (Å²) in [5.41, 5.74) is 5.78. The quantitative estimate of drug-likeness (QED) is 0.513. The van der Waals surface area contributed by atoms with E-state index in [9.17, 15) is 0 Å². The molecule has 0 spiro atoms. The molecule has 1 aromatic carbocycles. The van der Waals surface area contributed by atoms with Crippen molar-refractivity contribution in [1.29, 1.82) is 0 Å². The van der Waals surface area contributed by atoms with Crippen LogP contribution in [0.4, 0.5) is 0 Å². The van der Waals surface area contributed by atoms with Crippen LogP contribution in [-0.4, -0.2) is 40.2 Å². The molecule has 1 aliphatic carbocycles. The van der Waals surface area contributed by atoms with Crippen molar-refractivity contribution in [3.05, 3.63) is 35.4 Å². The van der Waals surface area contributed by atoms with Crippen molar-refractivity contribution < 1.29 is 4.74 Å². The highest BCUT2D eigenvalue weighted by Gasteiger charge is 2.24. The summed E-state index contributed by atoms with van der Waals surface area (Å²) in [4.78, 5) is 2.29. The van der Waals surface area contributed by atoms with Gasteiger partial charge in [0.2, 0.25) is 0 Å². The minimum atomic E-state index is -1.30. The molecule has 2 nitrogen and oxygen atoms in total. The third-order valence-corrected chi connectivity index (χ3v) is 5.67. The van der Waals surface area contributed by atoms with Crippen molar-refractivity contribution in [2.24, 2.45) is 11.8 Å². The lowest BCUT2D eigenvalue weighted by molar-refractivity contribution is 0.0873. The summed E-state index contributed by atoms with van der Waals surface area (Å²) in [5, 5.41) is 0. The molecule has 1 aromatic rings. The standard InChI is InChI=1S/C22H35NOSi/c1-23(2)14-12-20-8-11-22(16-20)18-24-17-21-9-6-19(7-10-21)13-15-25(3,4)5/h6-7,9-10,20,22H,8,11-12,14,16-18H2,1-5H3. The van der Waals surface area contributed by atoms with Gasteiger partial charge >= 0.3 is 0 Å². The molecule has 0 aliphatic heterocycles. The Bertz CT molecular complexity index is 577. The van der Waals surface area contributed by atoms with Crippen LogP contribution in [0.1, 0.15) is 36.8 Å². The molecule has 25 heavy (non-hydrogen) atoms. The number of benzene rings is 1. The first kappa shape index (κ1) is 20.2. The van der Waals surface area contributed by atoms with Gasteiger partial charge in [-0.05, 0) is 69.4 Å². The van der Waals surface area contributed by atoms with Gasteiger partial charge in [-0.1, -0.05) is 44.1 Å². The molecule has 0 saturated heterocycles. The summed E-state index contributed by atoms with van der Waals surface area (Å²) in [6.07, 6.45) is 5.40. The topological polar surface area (TPSA) is 12.5 Å². The monoisotopic (exact) mass is 357 g/mol. The third-order valence-electron chi connectivity index (χ3n) is 4.79. The number of ether oxygens (including phenoxy) is 1. The van der Waals surface area contributed by atoms with Gasteiger partial charge in [-0.3, -0.25) is 0 Å². The van der Waals surface area contributed by atoms with Gasteiger partial charge in [-0.2, -0.15) is 0 Å². The molecule has 2 atom stereocenters. The van der Waals surface area contributed by atoms with E-state index in [1.165, 1.54) is 37.8 Å². The highest BCUT2D eigenvalue weighted by atomic mass is 28.3. The Hall–Kier alpha value is -1.08. The molecule has 0 bridgehead atoms. The second kappa shape index (κ2) is 9.57. The number of nitrogens with zero attached hydrogens (tertiary/aromatic N) is 1. The average molecular weight is 358 g/mol. The van der Waals surface area contributed by atoms with Crippen LogP contribution >= 0.6 is 0 Å². The summed E-state index contributed by atoms with van der Waals surface area (Å²) in [6.45, 7) is 9.67. The fourth-order valence-corrected chi connectivity index (χ4v) is 3.84. The lowest BCUT2D eigenvalue weighted by atomic mass is 10.0. The van der Waals surface area contributed by atoms with Gasteiger partial charge in [0.25, 0.3) is 0 Å². The molecule has 138 valence electrons. The Balaban J connectivity index is 1.69. The Morgan fingerprint density at radius 1 is 1.08 bits per heavy atom. The maximum absolute atomic E-state index is 5.99. The number of rotatable bonds is 7. The van der Waals surface area contributed by atoms with Gasteiger partial charge in [-0.25, -0.2) is 0 Å². The fourth-order valence-electron chi connectivity index (χ4n) is 3.32. The molecule has 1 fully saturated rings. The van der Waals surface area contributed by atoms with Crippen molar-refractivity contribution >= 4 is 8.07 Å². The summed E-state index contributed by atoms with van der Waals surface area (Å²) >= 11 is 0. The molecule has 0 aromatic heterocycles. The Morgan fingerprint density at radius 2 is 1.76 bits per heavy atom. The smallest absolute Gasteiger partial charge is 0.129 e. The molecule has 0 radical (unpaired) electrons. The normalized spacial score (nSPS) is 20.6. The number of hydrogen-bond donors (Lipinski definition) is 0. The summed E-state index contributed by atoms with van der Waals surface area (Å²) in [5.74, 6) is 4.97. The molecule has 0 amide bonds. The molecule has 0 N–H and O–H groups in total. The first-order valence-corrected chi connectivity index (χ1v) is 13.2. The van der Waals surface area contributed by atoms with E-state index in [-0.39, 0.29) is 0 Å².